The molecule has 3 heterocycles. The standard InChI is InChI=1S/C29H34N4O3/c1-3-36-21-12-13-24-22(17-21)23-18-29(2)27(34)32(15-14-30-20-10-7-11-20)28(35)33(29)25(26(23)31-24)16-19-8-5-4-6-9-19/h4-6,8-9,12-13,17,20,25,30-31H,3,7,10-11,14-16,18H2,1-2H3/t25?,29-/m0/s1. The number of nitrogens with one attached hydrogen (secondary N) is 2. The highest BCUT2D eigenvalue weighted by molar-refractivity contribution is 6.08. The number of ether oxygens (including phenoxy) is 1. The molecule has 6 rings (SSSR count). The van der Waals surface area contributed by atoms with Crippen LogP contribution in [0.25, 0.3) is 10.9 Å². The second-order valence-corrected chi connectivity index (χ2v) is 10.5. The zero-order valence-electron chi connectivity index (χ0n) is 21.0. The number of hydrogen-bond donors (Lipinski definition) is 2. The molecule has 2 N–H and O–H groups in total. The molecule has 3 aromatic rings. The van der Waals surface area contributed by atoms with Gasteiger partial charge in [-0.25, -0.2) is 4.79 Å². The summed E-state index contributed by atoms with van der Waals surface area (Å²) in [6.45, 7) is 5.56. The van der Waals surface area contributed by atoms with Gasteiger partial charge >= 0.3 is 6.03 Å². The van der Waals surface area contributed by atoms with E-state index in [9.17, 15) is 9.59 Å². The van der Waals surface area contributed by atoms with Crippen molar-refractivity contribution in [3.8, 4) is 5.75 Å². The lowest BCUT2D eigenvalue weighted by Crippen LogP contribution is -2.53. The number of rotatable bonds is 8. The second-order valence-electron chi connectivity index (χ2n) is 10.5. The Morgan fingerprint density at radius 2 is 1.94 bits per heavy atom. The van der Waals surface area contributed by atoms with Gasteiger partial charge in [-0.05, 0) is 62.4 Å². The topological polar surface area (TPSA) is 77.7 Å². The van der Waals surface area contributed by atoms with Crippen LogP contribution in [0.2, 0.25) is 0 Å². The predicted molar refractivity (Wildman–Crippen MR) is 139 cm³/mol. The number of hydrogen-bond acceptors (Lipinski definition) is 4. The molecule has 7 nitrogen and oxygen atoms in total. The van der Waals surface area contributed by atoms with Gasteiger partial charge < -0.3 is 19.9 Å². The summed E-state index contributed by atoms with van der Waals surface area (Å²) in [6, 6.07) is 16.4. The first-order valence-electron chi connectivity index (χ1n) is 13.2. The average molecular weight is 487 g/mol. The van der Waals surface area contributed by atoms with E-state index >= 15 is 0 Å². The summed E-state index contributed by atoms with van der Waals surface area (Å²) < 4.78 is 5.78. The van der Waals surface area contributed by atoms with Crippen molar-refractivity contribution in [3.05, 3.63) is 65.4 Å². The van der Waals surface area contributed by atoms with E-state index in [4.69, 9.17) is 4.74 Å². The van der Waals surface area contributed by atoms with Crippen molar-refractivity contribution in [2.24, 2.45) is 0 Å². The van der Waals surface area contributed by atoms with E-state index in [1.807, 2.05) is 49.1 Å². The van der Waals surface area contributed by atoms with Gasteiger partial charge in [-0.2, -0.15) is 0 Å². The fourth-order valence-electron chi connectivity index (χ4n) is 6.13. The minimum atomic E-state index is -0.920. The number of carbonyl (C=O) groups excluding carboxylic acids is 2. The minimum Gasteiger partial charge on any atom is -0.494 e. The van der Waals surface area contributed by atoms with Gasteiger partial charge in [-0.1, -0.05) is 36.8 Å². The highest BCUT2D eigenvalue weighted by Crippen LogP contribution is 2.47. The molecular formula is C29H34N4O3. The maximum atomic E-state index is 13.9. The Bertz CT molecular complexity index is 1300. The molecule has 2 fully saturated rings. The number of fused-ring (bicyclic) bond motifs is 4. The van der Waals surface area contributed by atoms with Gasteiger partial charge in [0.2, 0.25) is 0 Å². The summed E-state index contributed by atoms with van der Waals surface area (Å²) in [5.41, 5.74) is 3.36. The van der Waals surface area contributed by atoms with Crippen LogP contribution >= 0.6 is 0 Å². The van der Waals surface area contributed by atoms with Gasteiger partial charge in [0.05, 0.1) is 12.6 Å². The first kappa shape index (κ1) is 23.1. The third kappa shape index (κ3) is 3.68. The number of benzene rings is 2. The number of H-pyrrole nitrogens is 1. The monoisotopic (exact) mass is 486 g/mol. The molecule has 188 valence electrons. The molecule has 2 atom stereocenters. The Hall–Kier alpha value is -3.32. The molecule has 0 radical (unpaired) electrons. The normalized spacial score (nSPS) is 23.7. The zero-order valence-corrected chi connectivity index (χ0v) is 21.0. The van der Waals surface area contributed by atoms with Crippen LogP contribution in [-0.4, -0.2) is 58.0 Å². The third-order valence-corrected chi connectivity index (χ3v) is 8.21. The van der Waals surface area contributed by atoms with Crippen molar-refractivity contribution in [2.75, 3.05) is 19.7 Å². The highest BCUT2D eigenvalue weighted by atomic mass is 16.5. The highest BCUT2D eigenvalue weighted by Gasteiger charge is 2.59. The number of imide groups is 1. The van der Waals surface area contributed by atoms with Gasteiger partial charge in [0.1, 0.15) is 11.3 Å². The quantitative estimate of drug-likeness (QED) is 0.457. The maximum Gasteiger partial charge on any atom is 0.328 e. The van der Waals surface area contributed by atoms with Crippen LogP contribution in [0.3, 0.4) is 0 Å². The Labute approximate surface area is 211 Å². The Kier molecular flexibility index (Phi) is 5.75. The third-order valence-electron chi connectivity index (χ3n) is 8.21. The van der Waals surface area contributed by atoms with Crippen molar-refractivity contribution in [1.82, 2.24) is 20.1 Å². The molecule has 1 saturated heterocycles. The van der Waals surface area contributed by atoms with E-state index in [1.165, 1.54) is 24.2 Å². The van der Waals surface area contributed by atoms with Crippen molar-refractivity contribution >= 4 is 22.8 Å². The van der Waals surface area contributed by atoms with Gasteiger partial charge in [0.25, 0.3) is 5.91 Å². The molecule has 0 spiro atoms. The smallest absolute Gasteiger partial charge is 0.328 e. The largest absolute Gasteiger partial charge is 0.494 e. The number of aromatic nitrogens is 1. The molecule has 1 unspecified atom stereocenters. The van der Waals surface area contributed by atoms with E-state index < -0.39 is 5.54 Å². The molecular weight excluding hydrogens is 452 g/mol. The second kappa shape index (κ2) is 8.96. The van der Waals surface area contributed by atoms with Crippen LogP contribution < -0.4 is 10.1 Å². The van der Waals surface area contributed by atoms with Crippen molar-refractivity contribution in [3.63, 3.8) is 0 Å². The van der Waals surface area contributed by atoms with Crippen LogP contribution in [0.15, 0.2) is 48.5 Å². The van der Waals surface area contributed by atoms with Crippen LogP contribution in [0.1, 0.15) is 56.0 Å². The van der Waals surface area contributed by atoms with Crippen molar-refractivity contribution in [2.45, 2.75) is 63.6 Å². The van der Waals surface area contributed by atoms with Crippen LogP contribution in [0, 0.1) is 0 Å². The van der Waals surface area contributed by atoms with Crippen LogP contribution in [0.4, 0.5) is 4.79 Å². The summed E-state index contributed by atoms with van der Waals surface area (Å²) in [7, 11) is 0. The van der Waals surface area contributed by atoms with E-state index in [-0.39, 0.29) is 18.0 Å². The molecule has 2 aromatic carbocycles. The summed E-state index contributed by atoms with van der Waals surface area (Å²) in [6.07, 6.45) is 4.73. The van der Waals surface area contributed by atoms with E-state index in [0.717, 1.165) is 33.5 Å². The molecule has 1 saturated carbocycles. The summed E-state index contributed by atoms with van der Waals surface area (Å²) in [5.74, 6) is 0.721. The lowest BCUT2D eigenvalue weighted by atomic mass is 9.81. The first-order chi connectivity index (χ1) is 17.5. The average Bonchev–Trinajstić information content (AvgIpc) is 3.29. The van der Waals surface area contributed by atoms with Gasteiger partial charge in [0, 0.05) is 42.1 Å². The molecule has 0 bridgehead atoms. The van der Waals surface area contributed by atoms with E-state index in [0.29, 0.717) is 38.6 Å². The number of urea groups is 1. The molecule has 2 aliphatic heterocycles. The SMILES string of the molecule is CCOc1ccc2[nH]c3c(c2c1)C[C@@]1(C)C(=O)N(CCNC2CCC2)C(=O)N1C3Cc1ccccc1. The Morgan fingerprint density at radius 1 is 1.14 bits per heavy atom. The van der Waals surface area contributed by atoms with E-state index in [1.54, 1.807) is 0 Å². The van der Waals surface area contributed by atoms with Crippen LogP contribution in [-0.2, 0) is 17.6 Å². The molecule has 36 heavy (non-hydrogen) atoms. The molecule has 1 aromatic heterocycles. The minimum absolute atomic E-state index is 0.0954. The number of nitrogens with zero attached hydrogens (tertiary/aromatic N) is 2. The van der Waals surface area contributed by atoms with Gasteiger partial charge in [-0.3, -0.25) is 9.69 Å². The number of aromatic amines is 1. The van der Waals surface area contributed by atoms with Crippen molar-refractivity contribution < 1.29 is 14.3 Å². The first-order valence-corrected chi connectivity index (χ1v) is 13.2. The lowest BCUT2D eigenvalue weighted by Gasteiger charge is -2.42. The van der Waals surface area contributed by atoms with Crippen LogP contribution in [0.5, 0.6) is 5.75 Å². The predicted octanol–water partition coefficient (Wildman–Crippen LogP) is 4.57. The fraction of sp³-hybridized carbons (Fsp3) is 0.448. The molecule has 3 aliphatic rings. The summed E-state index contributed by atoms with van der Waals surface area (Å²) >= 11 is 0. The Balaban J connectivity index is 1.39. The number of carbonyl (C=O) groups is 2. The summed E-state index contributed by atoms with van der Waals surface area (Å²) in [4.78, 5) is 34.7. The van der Waals surface area contributed by atoms with Gasteiger partial charge in [-0.15, -0.1) is 0 Å². The summed E-state index contributed by atoms with van der Waals surface area (Å²) in [5, 5.41) is 4.57. The lowest BCUT2D eigenvalue weighted by molar-refractivity contribution is -0.133. The Morgan fingerprint density at radius 3 is 2.67 bits per heavy atom. The van der Waals surface area contributed by atoms with Gasteiger partial charge in [0.15, 0.2) is 0 Å². The maximum absolute atomic E-state index is 13.9. The molecule has 1 aliphatic carbocycles. The number of amides is 3. The molecule has 7 heteroatoms. The fourth-order valence-corrected chi connectivity index (χ4v) is 6.13. The van der Waals surface area contributed by atoms with Crippen molar-refractivity contribution in [1.29, 1.82) is 0 Å². The van der Waals surface area contributed by atoms with E-state index in [2.05, 4.69) is 28.5 Å². The zero-order chi connectivity index (χ0) is 24.9. The molecule has 3 amide bonds.